The quantitative estimate of drug-likeness (QED) is 0.543. The van der Waals surface area contributed by atoms with E-state index in [2.05, 4.69) is 26.7 Å². The number of carbonyl (C=O) groups excluding carboxylic acids is 1. The molecule has 0 aliphatic carbocycles. The number of nitrogens with zero attached hydrogens (tertiary/aromatic N) is 3. The minimum Gasteiger partial charge on any atom is -0.348 e. The molecule has 1 amide bonds. The highest BCUT2D eigenvalue weighted by Crippen LogP contribution is 2.25. The number of hydrogen-bond donors (Lipinski definition) is 2. The molecule has 0 aliphatic rings. The van der Waals surface area contributed by atoms with Crippen LogP contribution in [0.4, 0.5) is 11.5 Å². The number of rotatable bonds is 5. The first-order chi connectivity index (χ1) is 14.2. The molecule has 4 rings (SSSR count). The average molecular weight is 379 g/mol. The van der Waals surface area contributed by atoms with E-state index < -0.39 is 0 Å². The van der Waals surface area contributed by atoms with E-state index in [9.17, 15) is 4.79 Å². The number of benzene rings is 2. The molecule has 140 valence electrons. The van der Waals surface area contributed by atoms with Crippen LogP contribution in [0.2, 0.25) is 0 Å². The van der Waals surface area contributed by atoms with E-state index in [0.29, 0.717) is 23.5 Å². The van der Waals surface area contributed by atoms with Crippen LogP contribution < -0.4 is 10.6 Å². The van der Waals surface area contributed by atoms with E-state index in [4.69, 9.17) is 5.26 Å². The first-order valence-corrected chi connectivity index (χ1v) is 9.06. The standard InChI is InChI=1S/C23H17N5O/c24-13-16-3-4-18-9-11-26-22(21(18)12-16)28-20-7-5-19(6-8-20)23(29)27-15-17-2-1-10-25-14-17/h1-12,14H,15H2,(H,26,28)(H,27,29). The Kier molecular flexibility index (Phi) is 5.12. The number of nitrogens with one attached hydrogen (secondary N) is 2. The molecular weight excluding hydrogens is 362 g/mol. The van der Waals surface area contributed by atoms with E-state index in [1.54, 1.807) is 36.8 Å². The molecule has 0 spiro atoms. The Morgan fingerprint density at radius 1 is 1.03 bits per heavy atom. The third kappa shape index (κ3) is 4.20. The van der Waals surface area contributed by atoms with Gasteiger partial charge in [-0.25, -0.2) is 4.98 Å². The molecule has 2 aromatic carbocycles. The predicted octanol–water partition coefficient (Wildman–Crippen LogP) is 4.18. The van der Waals surface area contributed by atoms with Crippen molar-refractivity contribution in [3.63, 3.8) is 0 Å². The third-order valence-electron chi connectivity index (χ3n) is 4.48. The van der Waals surface area contributed by atoms with E-state index in [0.717, 1.165) is 22.0 Å². The number of fused-ring (bicyclic) bond motifs is 1. The summed E-state index contributed by atoms with van der Waals surface area (Å²) in [6.45, 7) is 0.424. The summed E-state index contributed by atoms with van der Waals surface area (Å²) < 4.78 is 0. The van der Waals surface area contributed by atoms with Crippen molar-refractivity contribution in [3.05, 3.63) is 95.9 Å². The molecule has 0 saturated carbocycles. The van der Waals surface area contributed by atoms with Gasteiger partial charge in [-0.3, -0.25) is 9.78 Å². The van der Waals surface area contributed by atoms with E-state index >= 15 is 0 Å². The first-order valence-electron chi connectivity index (χ1n) is 9.06. The number of carbonyl (C=O) groups is 1. The highest BCUT2D eigenvalue weighted by atomic mass is 16.1. The van der Waals surface area contributed by atoms with Crippen LogP contribution in [0.3, 0.4) is 0 Å². The fourth-order valence-electron chi connectivity index (χ4n) is 2.97. The zero-order valence-corrected chi connectivity index (χ0v) is 15.5. The van der Waals surface area contributed by atoms with E-state index in [1.165, 1.54) is 0 Å². The molecule has 0 saturated heterocycles. The van der Waals surface area contributed by atoms with Gasteiger partial charge in [0, 0.05) is 41.8 Å². The van der Waals surface area contributed by atoms with Crippen molar-refractivity contribution in [3.8, 4) is 6.07 Å². The lowest BCUT2D eigenvalue weighted by Gasteiger charge is -2.10. The monoisotopic (exact) mass is 379 g/mol. The van der Waals surface area contributed by atoms with Gasteiger partial charge in [-0.15, -0.1) is 0 Å². The van der Waals surface area contributed by atoms with Gasteiger partial charge < -0.3 is 10.6 Å². The highest BCUT2D eigenvalue weighted by Gasteiger charge is 2.07. The molecule has 0 unspecified atom stereocenters. The van der Waals surface area contributed by atoms with Gasteiger partial charge in [0.15, 0.2) is 0 Å². The van der Waals surface area contributed by atoms with Crippen LogP contribution in [0.15, 0.2) is 79.3 Å². The SMILES string of the molecule is N#Cc1ccc2ccnc(Nc3ccc(C(=O)NCc4cccnc4)cc3)c2c1. The molecular formula is C23H17N5O. The van der Waals surface area contributed by atoms with Crippen molar-refractivity contribution in [2.24, 2.45) is 0 Å². The average Bonchev–Trinajstić information content (AvgIpc) is 2.78. The van der Waals surface area contributed by atoms with Gasteiger partial charge >= 0.3 is 0 Å². The Morgan fingerprint density at radius 2 is 1.90 bits per heavy atom. The molecule has 6 nitrogen and oxygen atoms in total. The third-order valence-corrected chi connectivity index (χ3v) is 4.48. The van der Waals surface area contributed by atoms with Gasteiger partial charge in [-0.05, 0) is 59.5 Å². The summed E-state index contributed by atoms with van der Waals surface area (Å²) in [6, 6.07) is 20.5. The van der Waals surface area contributed by atoms with Crippen LogP contribution in [-0.2, 0) is 6.54 Å². The summed E-state index contributed by atoms with van der Waals surface area (Å²) in [7, 11) is 0. The molecule has 29 heavy (non-hydrogen) atoms. The van der Waals surface area contributed by atoms with Crippen molar-refractivity contribution in [2.75, 3.05) is 5.32 Å². The summed E-state index contributed by atoms with van der Waals surface area (Å²) in [4.78, 5) is 20.8. The second-order valence-electron chi connectivity index (χ2n) is 6.45. The molecule has 6 heteroatoms. The van der Waals surface area contributed by atoms with Gasteiger partial charge in [0.05, 0.1) is 11.6 Å². The molecule has 2 heterocycles. The highest BCUT2D eigenvalue weighted by molar-refractivity contribution is 5.96. The molecule has 4 aromatic rings. The Balaban J connectivity index is 1.48. The molecule has 2 N–H and O–H groups in total. The van der Waals surface area contributed by atoms with Crippen LogP contribution in [-0.4, -0.2) is 15.9 Å². The summed E-state index contributed by atoms with van der Waals surface area (Å²) in [5.41, 5.74) is 2.89. The maximum atomic E-state index is 12.3. The fraction of sp³-hybridized carbons (Fsp3) is 0.0435. The summed E-state index contributed by atoms with van der Waals surface area (Å²) in [5, 5.41) is 17.1. The van der Waals surface area contributed by atoms with Crippen molar-refractivity contribution in [2.45, 2.75) is 6.54 Å². The summed E-state index contributed by atoms with van der Waals surface area (Å²) >= 11 is 0. The zero-order chi connectivity index (χ0) is 20.1. The Morgan fingerprint density at radius 3 is 2.66 bits per heavy atom. The van der Waals surface area contributed by atoms with Crippen LogP contribution in [0.25, 0.3) is 10.8 Å². The number of hydrogen-bond acceptors (Lipinski definition) is 5. The summed E-state index contributed by atoms with van der Waals surface area (Å²) in [5.74, 6) is 0.510. The van der Waals surface area contributed by atoms with E-state index in [1.807, 2.05) is 42.5 Å². The van der Waals surface area contributed by atoms with Crippen molar-refractivity contribution < 1.29 is 4.79 Å². The smallest absolute Gasteiger partial charge is 0.251 e. The van der Waals surface area contributed by atoms with Gasteiger partial charge in [0.25, 0.3) is 5.91 Å². The molecule has 0 bridgehead atoms. The van der Waals surface area contributed by atoms with Gasteiger partial charge in [-0.1, -0.05) is 12.1 Å². The van der Waals surface area contributed by atoms with Crippen molar-refractivity contribution >= 4 is 28.2 Å². The lowest BCUT2D eigenvalue weighted by atomic mass is 10.1. The second kappa shape index (κ2) is 8.19. The lowest BCUT2D eigenvalue weighted by Crippen LogP contribution is -2.22. The Bertz CT molecular complexity index is 1200. The predicted molar refractivity (Wildman–Crippen MR) is 112 cm³/mol. The largest absolute Gasteiger partial charge is 0.348 e. The first kappa shape index (κ1) is 18.1. The number of amides is 1. The Labute approximate surface area is 167 Å². The van der Waals surface area contributed by atoms with E-state index in [-0.39, 0.29) is 5.91 Å². The molecule has 0 fully saturated rings. The fourth-order valence-corrected chi connectivity index (χ4v) is 2.97. The maximum Gasteiger partial charge on any atom is 0.251 e. The zero-order valence-electron chi connectivity index (χ0n) is 15.5. The number of pyridine rings is 2. The van der Waals surface area contributed by atoms with Crippen LogP contribution in [0, 0.1) is 11.3 Å². The number of nitriles is 1. The number of anilines is 2. The van der Waals surface area contributed by atoms with Crippen molar-refractivity contribution in [1.82, 2.24) is 15.3 Å². The van der Waals surface area contributed by atoms with Crippen LogP contribution in [0.5, 0.6) is 0 Å². The van der Waals surface area contributed by atoms with Gasteiger partial charge in [0.1, 0.15) is 5.82 Å². The topological polar surface area (TPSA) is 90.7 Å². The minimum atomic E-state index is -0.151. The Hall–Kier alpha value is -4.24. The molecule has 0 atom stereocenters. The maximum absolute atomic E-state index is 12.3. The molecule has 2 aromatic heterocycles. The van der Waals surface area contributed by atoms with Crippen LogP contribution in [0.1, 0.15) is 21.5 Å². The van der Waals surface area contributed by atoms with Gasteiger partial charge in [0.2, 0.25) is 0 Å². The normalized spacial score (nSPS) is 10.3. The molecule has 0 radical (unpaired) electrons. The minimum absolute atomic E-state index is 0.151. The van der Waals surface area contributed by atoms with Gasteiger partial charge in [-0.2, -0.15) is 5.26 Å². The lowest BCUT2D eigenvalue weighted by molar-refractivity contribution is 0.0951. The van der Waals surface area contributed by atoms with Crippen molar-refractivity contribution in [1.29, 1.82) is 5.26 Å². The second-order valence-corrected chi connectivity index (χ2v) is 6.45. The van der Waals surface area contributed by atoms with Crippen LogP contribution >= 0.6 is 0 Å². The summed E-state index contributed by atoms with van der Waals surface area (Å²) in [6.07, 6.45) is 5.14. The number of aromatic nitrogens is 2. The molecule has 0 aliphatic heterocycles.